The van der Waals surface area contributed by atoms with Gasteiger partial charge in [0.15, 0.2) is 0 Å². The van der Waals surface area contributed by atoms with Crippen LogP contribution in [-0.4, -0.2) is 65.4 Å². The predicted molar refractivity (Wildman–Crippen MR) is 126 cm³/mol. The zero-order valence-corrected chi connectivity index (χ0v) is 18.7. The Labute approximate surface area is 192 Å². The van der Waals surface area contributed by atoms with Gasteiger partial charge < -0.3 is 25.2 Å². The standard InChI is InChI=1S/C24H27N7O2/c1-29-8-10-30(11-9-29)16-3-6-21(25-13-16)28-20-5-4-17(18-14-26-23(32)22(18)20)19-15-27-31-7-2-12-33-24(19)31/h3-6,13,15H,2,7-12,14H2,1H3,(H,25,28)(H,26,32). The molecule has 1 saturated heterocycles. The van der Waals surface area contributed by atoms with E-state index in [-0.39, 0.29) is 5.91 Å². The van der Waals surface area contributed by atoms with Gasteiger partial charge in [-0.1, -0.05) is 6.07 Å². The van der Waals surface area contributed by atoms with Crippen LogP contribution < -0.4 is 20.3 Å². The lowest BCUT2D eigenvalue weighted by Gasteiger charge is -2.33. The molecule has 3 aromatic rings. The Morgan fingerprint density at radius 1 is 1.03 bits per heavy atom. The molecule has 0 radical (unpaired) electrons. The largest absolute Gasteiger partial charge is 0.477 e. The van der Waals surface area contributed by atoms with E-state index in [1.807, 2.05) is 35.3 Å². The maximum atomic E-state index is 12.7. The van der Waals surface area contributed by atoms with Crippen molar-refractivity contribution in [1.82, 2.24) is 25.0 Å². The smallest absolute Gasteiger partial charge is 0.254 e. The molecule has 1 fully saturated rings. The highest BCUT2D eigenvalue weighted by atomic mass is 16.5. The van der Waals surface area contributed by atoms with Gasteiger partial charge in [0.25, 0.3) is 5.91 Å². The van der Waals surface area contributed by atoms with Crippen molar-refractivity contribution >= 4 is 23.1 Å². The third-order valence-corrected chi connectivity index (χ3v) is 6.68. The van der Waals surface area contributed by atoms with Gasteiger partial charge in [0.05, 0.1) is 41.5 Å². The molecule has 3 aliphatic heterocycles. The molecule has 0 atom stereocenters. The number of amides is 1. The van der Waals surface area contributed by atoms with E-state index in [0.717, 1.165) is 73.1 Å². The summed E-state index contributed by atoms with van der Waals surface area (Å²) < 4.78 is 7.79. The minimum Gasteiger partial charge on any atom is -0.477 e. The molecule has 170 valence electrons. The van der Waals surface area contributed by atoms with Gasteiger partial charge in [-0.05, 0) is 36.4 Å². The SMILES string of the molecule is CN1CCN(c2ccc(Nc3ccc(-c4cnn5c4OCCC5)c4c3C(=O)NC4)nc2)CC1. The van der Waals surface area contributed by atoms with Crippen molar-refractivity contribution in [3.8, 4) is 17.0 Å². The lowest BCUT2D eigenvalue weighted by molar-refractivity contribution is 0.0966. The second-order valence-electron chi connectivity index (χ2n) is 8.80. The fraction of sp³-hybridized carbons (Fsp3) is 0.375. The fourth-order valence-corrected chi connectivity index (χ4v) is 4.81. The summed E-state index contributed by atoms with van der Waals surface area (Å²) in [6.07, 6.45) is 4.69. The quantitative estimate of drug-likeness (QED) is 0.638. The van der Waals surface area contributed by atoms with Crippen molar-refractivity contribution in [3.05, 3.63) is 47.8 Å². The maximum Gasteiger partial charge on any atom is 0.254 e. The van der Waals surface area contributed by atoms with Crippen LogP contribution in [0.3, 0.4) is 0 Å². The first-order chi connectivity index (χ1) is 16.2. The second kappa shape index (κ2) is 8.08. The van der Waals surface area contributed by atoms with Crippen LogP contribution in [0.5, 0.6) is 5.88 Å². The van der Waals surface area contributed by atoms with E-state index >= 15 is 0 Å². The molecule has 0 unspecified atom stereocenters. The van der Waals surface area contributed by atoms with Gasteiger partial charge in [0.1, 0.15) is 5.82 Å². The maximum absolute atomic E-state index is 12.7. The summed E-state index contributed by atoms with van der Waals surface area (Å²) >= 11 is 0. The van der Waals surface area contributed by atoms with Crippen LogP contribution in [0, 0.1) is 0 Å². The number of benzene rings is 1. The first-order valence-corrected chi connectivity index (χ1v) is 11.5. The molecule has 0 aliphatic carbocycles. The molecule has 9 heteroatoms. The van der Waals surface area contributed by atoms with Crippen molar-refractivity contribution in [1.29, 1.82) is 0 Å². The third kappa shape index (κ3) is 3.58. The Kier molecular flexibility index (Phi) is 4.91. The Balaban J connectivity index is 1.28. The summed E-state index contributed by atoms with van der Waals surface area (Å²) in [6, 6.07) is 8.05. The molecule has 6 rings (SSSR count). The van der Waals surface area contributed by atoms with E-state index in [1.165, 1.54) is 0 Å². The number of piperazine rings is 1. The highest BCUT2D eigenvalue weighted by molar-refractivity contribution is 6.06. The number of nitrogens with zero attached hydrogens (tertiary/aromatic N) is 5. The molecule has 2 N–H and O–H groups in total. The first-order valence-electron chi connectivity index (χ1n) is 11.5. The monoisotopic (exact) mass is 445 g/mol. The van der Waals surface area contributed by atoms with E-state index < -0.39 is 0 Å². The zero-order chi connectivity index (χ0) is 22.4. The number of hydrogen-bond donors (Lipinski definition) is 2. The Morgan fingerprint density at radius 3 is 2.73 bits per heavy atom. The van der Waals surface area contributed by atoms with E-state index in [2.05, 4.69) is 43.6 Å². The molecular weight excluding hydrogens is 418 g/mol. The summed E-state index contributed by atoms with van der Waals surface area (Å²) in [6.45, 7) is 6.14. The molecule has 9 nitrogen and oxygen atoms in total. The molecule has 1 amide bonds. The molecular formula is C24H27N7O2. The molecule has 3 aliphatic rings. The van der Waals surface area contributed by atoms with E-state index in [1.54, 1.807) is 0 Å². The number of pyridine rings is 1. The van der Waals surface area contributed by atoms with Crippen LogP contribution in [-0.2, 0) is 13.1 Å². The molecule has 0 spiro atoms. The molecule has 2 aromatic heterocycles. The number of aryl methyl sites for hydroxylation is 1. The number of likely N-dealkylation sites (N-methyl/N-ethyl adjacent to an activating group) is 1. The highest BCUT2D eigenvalue weighted by Crippen LogP contribution is 2.39. The second-order valence-corrected chi connectivity index (χ2v) is 8.80. The van der Waals surface area contributed by atoms with E-state index in [0.29, 0.717) is 24.5 Å². The van der Waals surface area contributed by atoms with Crippen molar-refractivity contribution in [2.45, 2.75) is 19.5 Å². The van der Waals surface area contributed by atoms with Gasteiger partial charge in [0, 0.05) is 45.7 Å². The third-order valence-electron chi connectivity index (χ3n) is 6.68. The van der Waals surface area contributed by atoms with Crippen molar-refractivity contribution in [3.63, 3.8) is 0 Å². The average molecular weight is 446 g/mol. The first kappa shape index (κ1) is 20.0. The number of aromatic nitrogens is 3. The average Bonchev–Trinajstić information content (AvgIpc) is 3.45. The van der Waals surface area contributed by atoms with Gasteiger partial charge in [-0.3, -0.25) is 4.79 Å². The van der Waals surface area contributed by atoms with Gasteiger partial charge in [-0.15, -0.1) is 0 Å². The van der Waals surface area contributed by atoms with Crippen LogP contribution in [0.15, 0.2) is 36.7 Å². The number of ether oxygens (including phenoxy) is 1. The summed E-state index contributed by atoms with van der Waals surface area (Å²) in [4.78, 5) is 22.0. The summed E-state index contributed by atoms with van der Waals surface area (Å²) in [5, 5.41) is 10.8. The van der Waals surface area contributed by atoms with Crippen molar-refractivity contribution in [2.75, 3.05) is 50.1 Å². The molecule has 0 saturated carbocycles. The molecule has 5 heterocycles. The number of carbonyl (C=O) groups is 1. The number of hydrogen-bond acceptors (Lipinski definition) is 7. The van der Waals surface area contributed by atoms with E-state index in [4.69, 9.17) is 4.74 Å². The Hall–Kier alpha value is -3.59. The van der Waals surface area contributed by atoms with Gasteiger partial charge in [0.2, 0.25) is 5.88 Å². The lowest BCUT2D eigenvalue weighted by atomic mass is 9.97. The topological polar surface area (TPSA) is 87.5 Å². The van der Waals surface area contributed by atoms with Crippen LogP contribution in [0.2, 0.25) is 0 Å². The fourth-order valence-electron chi connectivity index (χ4n) is 4.81. The number of anilines is 3. The highest BCUT2D eigenvalue weighted by Gasteiger charge is 2.29. The Bertz CT molecular complexity index is 1200. The van der Waals surface area contributed by atoms with Crippen LogP contribution in [0.1, 0.15) is 22.3 Å². The number of rotatable bonds is 4. The van der Waals surface area contributed by atoms with Crippen LogP contribution >= 0.6 is 0 Å². The van der Waals surface area contributed by atoms with Crippen molar-refractivity contribution in [2.24, 2.45) is 0 Å². The molecule has 1 aromatic carbocycles. The zero-order valence-electron chi connectivity index (χ0n) is 18.7. The van der Waals surface area contributed by atoms with Gasteiger partial charge >= 0.3 is 0 Å². The minimum absolute atomic E-state index is 0.0784. The van der Waals surface area contributed by atoms with Gasteiger partial charge in [-0.25, -0.2) is 9.67 Å². The van der Waals surface area contributed by atoms with Crippen molar-refractivity contribution < 1.29 is 9.53 Å². The number of carbonyl (C=O) groups excluding carboxylic acids is 1. The predicted octanol–water partition coefficient (Wildman–Crippen LogP) is 2.47. The van der Waals surface area contributed by atoms with E-state index in [9.17, 15) is 4.79 Å². The number of fused-ring (bicyclic) bond motifs is 2. The summed E-state index contributed by atoms with van der Waals surface area (Å²) in [5.41, 5.74) is 5.42. The lowest BCUT2D eigenvalue weighted by Crippen LogP contribution is -2.44. The summed E-state index contributed by atoms with van der Waals surface area (Å²) in [5.74, 6) is 1.42. The van der Waals surface area contributed by atoms with Crippen LogP contribution in [0.25, 0.3) is 11.1 Å². The summed E-state index contributed by atoms with van der Waals surface area (Å²) in [7, 11) is 2.15. The number of nitrogens with one attached hydrogen (secondary N) is 2. The minimum atomic E-state index is -0.0784. The molecule has 0 bridgehead atoms. The van der Waals surface area contributed by atoms with Gasteiger partial charge in [-0.2, -0.15) is 5.10 Å². The molecule has 33 heavy (non-hydrogen) atoms. The normalized spacial score (nSPS) is 17.8. The van der Waals surface area contributed by atoms with Crippen LogP contribution in [0.4, 0.5) is 17.2 Å². The Morgan fingerprint density at radius 2 is 1.91 bits per heavy atom.